The van der Waals surface area contributed by atoms with E-state index >= 15 is 0 Å². The van der Waals surface area contributed by atoms with Gasteiger partial charge in [0.25, 0.3) is 0 Å². The molecule has 3 heterocycles. The third kappa shape index (κ3) is 3.54. The van der Waals surface area contributed by atoms with Crippen LogP contribution in [0.5, 0.6) is 0 Å². The molecule has 6 heteroatoms. The summed E-state index contributed by atoms with van der Waals surface area (Å²) in [6.45, 7) is 4.41. The Balaban J connectivity index is 1.50. The van der Waals surface area contributed by atoms with Crippen LogP contribution < -0.4 is 5.32 Å². The quantitative estimate of drug-likeness (QED) is 0.809. The fourth-order valence-corrected chi connectivity index (χ4v) is 4.51. The number of rotatable bonds is 2. The fraction of sp³-hybridized carbons (Fsp3) is 0.867. The van der Waals surface area contributed by atoms with Crippen LogP contribution in [0.4, 0.5) is 0 Å². The number of piperidine rings is 2. The van der Waals surface area contributed by atoms with E-state index in [4.69, 9.17) is 0 Å². The molecule has 118 valence electrons. The number of carbonyl (C=O) groups is 2. The summed E-state index contributed by atoms with van der Waals surface area (Å²) < 4.78 is 0. The lowest BCUT2D eigenvalue weighted by Crippen LogP contribution is -2.54. The van der Waals surface area contributed by atoms with E-state index in [1.165, 1.54) is 0 Å². The van der Waals surface area contributed by atoms with Gasteiger partial charge in [-0.15, -0.1) is 0 Å². The van der Waals surface area contributed by atoms with Gasteiger partial charge in [0.15, 0.2) is 0 Å². The molecule has 1 N–H and O–H groups in total. The summed E-state index contributed by atoms with van der Waals surface area (Å²) in [5.41, 5.74) is 0. The SMILES string of the molecule is O=C1NCCCC1N1CCC(C(=O)N2CCSCC2)CC1. The van der Waals surface area contributed by atoms with Crippen molar-refractivity contribution in [1.82, 2.24) is 15.1 Å². The smallest absolute Gasteiger partial charge is 0.237 e. The van der Waals surface area contributed by atoms with Gasteiger partial charge >= 0.3 is 0 Å². The van der Waals surface area contributed by atoms with Crippen LogP contribution in [-0.4, -0.2) is 71.9 Å². The summed E-state index contributed by atoms with van der Waals surface area (Å²) >= 11 is 1.94. The molecule has 3 aliphatic heterocycles. The summed E-state index contributed by atoms with van der Waals surface area (Å²) in [4.78, 5) is 28.8. The maximum Gasteiger partial charge on any atom is 0.237 e. The summed E-state index contributed by atoms with van der Waals surface area (Å²) in [6.07, 6.45) is 3.85. The van der Waals surface area contributed by atoms with Gasteiger partial charge in [0.2, 0.25) is 11.8 Å². The van der Waals surface area contributed by atoms with E-state index in [1.807, 2.05) is 16.7 Å². The number of hydrogen-bond acceptors (Lipinski definition) is 4. The predicted molar refractivity (Wildman–Crippen MR) is 84.2 cm³/mol. The van der Waals surface area contributed by atoms with Gasteiger partial charge in [-0.2, -0.15) is 11.8 Å². The Morgan fingerprint density at radius 2 is 1.81 bits per heavy atom. The van der Waals surface area contributed by atoms with Crippen LogP contribution in [0.15, 0.2) is 0 Å². The van der Waals surface area contributed by atoms with E-state index in [2.05, 4.69) is 10.2 Å². The number of thioether (sulfide) groups is 1. The van der Waals surface area contributed by atoms with Crippen LogP contribution in [0.2, 0.25) is 0 Å². The zero-order valence-corrected chi connectivity index (χ0v) is 13.4. The van der Waals surface area contributed by atoms with Gasteiger partial charge in [0.1, 0.15) is 0 Å². The molecular formula is C15H25N3O2S. The Kier molecular flexibility index (Phi) is 5.06. The molecule has 3 saturated heterocycles. The second-order valence-corrected chi connectivity index (χ2v) is 7.42. The van der Waals surface area contributed by atoms with Gasteiger partial charge in [0.05, 0.1) is 6.04 Å². The molecule has 1 unspecified atom stereocenters. The number of nitrogens with one attached hydrogen (secondary N) is 1. The molecule has 0 aromatic heterocycles. The molecule has 0 aromatic rings. The van der Waals surface area contributed by atoms with Crippen molar-refractivity contribution in [2.24, 2.45) is 5.92 Å². The van der Waals surface area contributed by atoms with E-state index in [0.717, 1.165) is 69.9 Å². The molecule has 0 saturated carbocycles. The minimum absolute atomic E-state index is 0.0428. The van der Waals surface area contributed by atoms with Crippen molar-refractivity contribution in [3.8, 4) is 0 Å². The molecule has 21 heavy (non-hydrogen) atoms. The maximum atomic E-state index is 12.5. The van der Waals surface area contributed by atoms with E-state index in [0.29, 0.717) is 5.91 Å². The van der Waals surface area contributed by atoms with Gasteiger partial charge in [0, 0.05) is 37.1 Å². The first-order valence-electron chi connectivity index (χ1n) is 8.14. The summed E-state index contributed by atoms with van der Waals surface area (Å²) in [7, 11) is 0. The lowest BCUT2D eigenvalue weighted by atomic mass is 9.92. The topological polar surface area (TPSA) is 52.7 Å². The van der Waals surface area contributed by atoms with E-state index in [9.17, 15) is 9.59 Å². The number of likely N-dealkylation sites (tertiary alicyclic amines) is 1. The largest absolute Gasteiger partial charge is 0.355 e. The Morgan fingerprint density at radius 1 is 1.10 bits per heavy atom. The van der Waals surface area contributed by atoms with Gasteiger partial charge in [-0.3, -0.25) is 14.5 Å². The third-order valence-corrected chi connectivity index (χ3v) is 5.84. The molecule has 0 aromatic carbocycles. The van der Waals surface area contributed by atoms with Gasteiger partial charge in [-0.1, -0.05) is 0 Å². The van der Waals surface area contributed by atoms with Gasteiger partial charge < -0.3 is 10.2 Å². The van der Waals surface area contributed by atoms with Crippen molar-refractivity contribution in [2.75, 3.05) is 44.2 Å². The van der Waals surface area contributed by atoms with E-state index < -0.39 is 0 Å². The monoisotopic (exact) mass is 311 g/mol. The van der Waals surface area contributed by atoms with Gasteiger partial charge in [-0.05, 0) is 38.8 Å². The van der Waals surface area contributed by atoms with Crippen LogP contribution in [0.1, 0.15) is 25.7 Å². The highest BCUT2D eigenvalue weighted by Crippen LogP contribution is 2.24. The van der Waals surface area contributed by atoms with Crippen LogP contribution in [0.25, 0.3) is 0 Å². The van der Waals surface area contributed by atoms with E-state index in [-0.39, 0.29) is 17.9 Å². The van der Waals surface area contributed by atoms with Crippen molar-refractivity contribution in [3.63, 3.8) is 0 Å². The molecule has 3 rings (SSSR count). The minimum atomic E-state index is 0.0428. The van der Waals surface area contributed by atoms with Crippen LogP contribution >= 0.6 is 11.8 Å². The first-order chi connectivity index (χ1) is 10.3. The molecule has 1 atom stereocenters. The Labute approximate surface area is 130 Å². The van der Waals surface area contributed by atoms with Crippen LogP contribution in [-0.2, 0) is 9.59 Å². The summed E-state index contributed by atoms with van der Waals surface area (Å²) in [5.74, 6) is 2.86. The van der Waals surface area contributed by atoms with Crippen molar-refractivity contribution in [3.05, 3.63) is 0 Å². The predicted octanol–water partition coefficient (Wildman–Crippen LogP) is 0.552. The van der Waals surface area contributed by atoms with Crippen LogP contribution in [0.3, 0.4) is 0 Å². The first-order valence-corrected chi connectivity index (χ1v) is 9.29. The summed E-state index contributed by atoms with van der Waals surface area (Å²) in [5, 5.41) is 2.96. The molecule has 0 spiro atoms. The van der Waals surface area contributed by atoms with E-state index in [1.54, 1.807) is 0 Å². The molecule has 3 fully saturated rings. The number of amides is 2. The van der Waals surface area contributed by atoms with Gasteiger partial charge in [-0.25, -0.2) is 0 Å². The molecule has 0 radical (unpaired) electrons. The molecule has 2 amide bonds. The Bertz CT molecular complexity index is 390. The molecule has 5 nitrogen and oxygen atoms in total. The maximum absolute atomic E-state index is 12.5. The normalized spacial score (nSPS) is 29.2. The fourth-order valence-electron chi connectivity index (χ4n) is 3.60. The summed E-state index contributed by atoms with van der Waals surface area (Å²) in [6, 6.07) is 0.0428. The highest BCUT2D eigenvalue weighted by Gasteiger charge is 2.34. The minimum Gasteiger partial charge on any atom is -0.355 e. The Morgan fingerprint density at radius 3 is 2.48 bits per heavy atom. The van der Waals surface area contributed by atoms with Crippen molar-refractivity contribution in [1.29, 1.82) is 0 Å². The second-order valence-electron chi connectivity index (χ2n) is 6.20. The average Bonchev–Trinajstić information content (AvgIpc) is 2.56. The molecule has 3 aliphatic rings. The second kappa shape index (κ2) is 7.01. The van der Waals surface area contributed by atoms with Crippen LogP contribution in [0, 0.1) is 5.92 Å². The zero-order chi connectivity index (χ0) is 14.7. The Hall–Kier alpha value is -0.750. The third-order valence-electron chi connectivity index (χ3n) is 4.90. The van der Waals surface area contributed by atoms with Crippen molar-refractivity contribution in [2.45, 2.75) is 31.7 Å². The number of hydrogen-bond donors (Lipinski definition) is 1. The zero-order valence-electron chi connectivity index (χ0n) is 12.6. The lowest BCUT2D eigenvalue weighted by Gasteiger charge is -2.39. The first kappa shape index (κ1) is 15.2. The highest BCUT2D eigenvalue weighted by molar-refractivity contribution is 7.99. The standard InChI is InChI=1S/C15H25N3O2S/c19-14-13(2-1-5-16-14)17-6-3-12(4-7-17)15(20)18-8-10-21-11-9-18/h12-13H,1-11H2,(H,16,19). The number of nitrogens with zero attached hydrogens (tertiary/aromatic N) is 2. The molecule has 0 bridgehead atoms. The molecular weight excluding hydrogens is 286 g/mol. The highest BCUT2D eigenvalue weighted by atomic mass is 32.2. The lowest BCUT2D eigenvalue weighted by molar-refractivity contribution is -0.137. The molecule has 0 aliphatic carbocycles. The van der Waals surface area contributed by atoms with Crippen molar-refractivity contribution >= 4 is 23.6 Å². The van der Waals surface area contributed by atoms with Crippen molar-refractivity contribution < 1.29 is 9.59 Å². The average molecular weight is 311 g/mol. The number of carbonyl (C=O) groups excluding carboxylic acids is 2.